The number of anilines is 1. The molecule has 0 heterocycles. The standard InChI is InChI=1S/C20H29ClN2O4/c1-12-16(18(24)26-5)10-13(21)11-17(12)22-14-6-8-15(9-7-14)23-19(25)27-20(2,3)4/h10-11,14-15,22H,6-9H2,1-5H3,(H,23,25)/t14-,15+. The largest absolute Gasteiger partial charge is 0.465 e. The number of hydrogen-bond acceptors (Lipinski definition) is 5. The summed E-state index contributed by atoms with van der Waals surface area (Å²) in [6, 6.07) is 3.82. The van der Waals surface area contributed by atoms with Gasteiger partial charge in [-0.05, 0) is 71.1 Å². The fraction of sp³-hybridized carbons (Fsp3) is 0.600. The molecule has 0 unspecified atom stereocenters. The molecule has 27 heavy (non-hydrogen) atoms. The second kappa shape index (κ2) is 8.83. The zero-order valence-electron chi connectivity index (χ0n) is 16.6. The topological polar surface area (TPSA) is 76.7 Å². The van der Waals surface area contributed by atoms with Crippen molar-refractivity contribution in [3.05, 3.63) is 28.3 Å². The van der Waals surface area contributed by atoms with Gasteiger partial charge < -0.3 is 20.1 Å². The molecular weight excluding hydrogens is 368 g/mol. The molecule has 0 bridgehead atoms. The van der Waals surface area contributed by atoms with Crippen LogP contribution in [0.2, 0.25) is 5.02 Å². The van der Waals surface area contributed by atoms with E-state index in [-0.39, 0.29) is 18.2 Å². The summed E-state index contributed by atoms with van der Waals surface area (Å²) in [6.45, 7) is 7.43. The minimum atomic E-state index is -0.496. The summed E-state index contributed by atoms with van der Waals surface area (Å²) in [5.74, 6) is -0.400. The maximum absolute atomic E-state index is 11.9. The van der Waals surface area contributed by atoms with Crippen LogP contribution in [0.5, 0.6) is 0 Å². The zero-order chi connectivity index (χ0) is 20.2. The van der Waals surface area contributed by atoms with E-state index in [1.807, 2.05) is 33.8 Å². The predicted octanol–water partition coefficient (Wildman–Crippen LogP) is 4.68. The van der Waals surface area contributed by atoms with E-state index in [2.05, 4.69) is 10.6 Å². The highest BCUT2D eigenvalue weighted by Crippen LogP contribution is 2.29. The number of benzene rings is 1. The molecule has 7 heteroatoms. The molecule has 150 valence electrons. The lowest BCUT2D eigenvalue weighted by molar-refractivity contribution is 0.0491. The van der Waals surface area contributed by atoms with Crippen LogP contribution in [0.4, 0.5) is 10.5 Å². The highest BCUT2D eigenvalue weighted by molar-refractivity contribution is 6.31. The molecule has 0 atom stereocenters. The molecular formula is C20H29ClN2O4. The molecule has 1 saturated carbocycles. The van der Waals surface area contributed by atoms with Gasteiger partial charge in [-0.3, -0.25) is 0 Å². The Bertz CT molecular complexity index is 692. The van der Waals surface area contributed by atoms with Crippen molar-refractivity contribution in [1.29, 1.82) is 0 Å². The number of hydrogen-bond donors (Lipinski definition) is 2. The Balaban J connectivity index is 1.93. The van der Waals surface area contributed by atoms with Gasteiger partial charge in [0.15, 0.2) is 0 Å². The van der Waals surface area contributed by atoms with E-state index in [1.54, 1.807) is 6.07 Å². The summed E-state index contributed by atoms with van der Waals surface area (Å²) in [7, 11) is 1.36. The summed E-state index contributed by atoms with van der Waals surface area (Å²) in [5.41, 5.74) is 1.63. The van der Waals surface area contributed by atoms with Gasteiger partial charge in [0.1, 0.15) is 5.60 Å². The Morgan fingerprint density at radius 3 is 2.26 bits per heavy atom. The molecule has 0 spiro atoms. The predicted molar refractivity (Wildman–Crippen MR) is 107 cm³/mol. The van der Waals surface area contributed by atoms with Crippen LogP contribution in [-0.4, -0.2) is 36.9 Å². The van der Waals surface area contributed by atoms with E-state index in [9.17, 15) is 9.59 Å². The van der Waals surface area contributed by atoms with E-state index in [0.29, 0.717) is 10.6 Å². The molecule has 1 aromatic rings. The Morgan fingerprint density at radius 2 is 1.70 bits per heavy atom. The van der Waals surface area contributed by atoms with Gasteiger partial charge in [0.25, 0.3) is 0 Å². The van der Waals surface area contributed by atoms with Crippen molar-refractivity contribution < 1.29 is 19.1 Å². The number of ether oxygens (including phenoxy) is 2. The number of halogens is 1. The van der Waals surface area contributed by atoms with E-state index in [4.69, 9.17) is 21.1 Å². The van der Waals surface area contributed by atoms with Crippen molar-refractivity contribution in [2.75, 3.05) is 12.4 Å². The highest BCUT2D eigenvalue weighted by atomic mass is 35.5. The fourth-order valence-corrected chi connectivity index (χ4v) is 3.45. The number of nitrogens with one attached hydrogen (secondary N) is 2. The van der Waals surface area contributed by atoms with Gasteiger partial charge in [0.05, 0.1) is 12.7 Å². The fourth-order valence-electron chi connectivity index (χ4n) is 3.23. The van der Waals surface area contributed by atoms with E-state index < -0.39 is 11.6 Å². The molecule has 2 rings (SSSR count). The lowest BCUT2D eigenvalue weighted by Gasteiger charge is -2.31. The van der Waals surface area contributed by atoms with Crippen LogP contribution in [-0.2, 0) is 9.47 Å². The van der Waals surface area contributed by atoms with Gasteiger partial charge >= 0.3 is 12.1 Å². The van der Waals surface area contributed by atoms with E-state index in [1.165, 1.54) is 7.11 Å². The molecule has 1 amide bonds. The first kappa shape index (κ1) is 21.4. The minimum absolute atomic E-state index is 0.115. The summed E-state index contributed by atoms with van der Waals surface area (Å²) in [5, 5.41) is 6.92. The monoisotopic (exact) mass is 396 g/mol. The van der Waals surface area contributed by atoms with Crippen LogP contribution in [0.3, 0.4) is 0 Å². The Labute approximate surface area is 165 Å². The first-order valence-corrected chi connectivity index (χ1v) is 9.61. The third kappa shape index (κ3) is 6.31. The summed E-state index contributed by atoms with van der Waals surface area (Å²) < 4.78 is 10.1. The van der Waals surface area contributed by atoms with Crippen LogP contribution < -0.4 is 10.6 Å². The minimum Gasteiger partial charge on any atom is -0.465 e. The SMILES string of the molecule is COC(=O)c1cc(Cl)cc(N[C@H]2CC[C@@H](NC(=O)OC(C)(C)C)CC2)c1C. The number of carbonyl (C=O) groups is 2. The molecule has 1 fully saturated rings. The van der Waals surface area contributed by atoms with Crippen molar-refractivity contribution in [2.45, 2.75) is 71.1 Å². The third-order valence-electron chi connectivity index (χ3n) is 4.59. The van der Waals surface area contributed by atoms with Crippen LogP contribution in [0.1, 0.15) is 62.4 Å². The number of alkyl carbamates (subject to hydrolysis) is 1. The van der Waals surface area contributed by atoms with E-state index in [0.717, 1.165) is 36.9 Å². The molecule has 6 nitrogen and oxygen atoms in total. The third-order valence-corrected chi connectivity index (χ3v) is 4.80. The van der Waals surface area contributed by atoms with Crippen LogP contribution in [0, 0.1) is 6.92 Å². The normalized spacial score (nSPS) is 19.9. The van der Waals surface area contributed by atoms with Gasteiger partial charge in [-0.2, -0.15) is 0 Å². The summed E-state index contributed by atoms with van der Waals surface area (Å²) in [6.07, 6.45) is 3.16. The van der Waals surface area contributed by atoms with Crippen molar-refractivity contribution in [3.8, 4) is 0 Å². The van der Waals surface area contributed by atoms with Gasteiger partial charge in [-0.15, -0.1) is 0 Å². The van der Waals surface area contributed by atoms with Crippen molar-refractivity contribution in [1.82, 2.24) is 5.32 Å². The second-order valence-electron chi connectivity index (χ2n) is 7.96. The Morgan fingerprint density at radius 1 is 1.11 bits per heavy atom. The number of rotatable bonds is 4. The zero-order valence-corrected chi connectivity index (χ0v) is 17.4. The average molecular weight is 397 g/mol. The molecule has 1 aromatic carbocycles. The summed E-state index contributed by atoms with van der Waals surface area (Å²) >= 11 is 6.16. The highest BCUT2D eigenvalue weighted by Gasteiger charge is 2.25. The molecule has 0 saturated heterocycles. The average Bonchev–Trinajstić information content (AvgIpc) is 2.57. The van der Waals surface area contributed by atoms with Crippen LogP contribution >= 0.6 is 11.6 Å². The van der Waals surface area contributed by atoms with Gasteiger partial charge in [0.2, 0.25) is 0 Å². The molecule has 1 aliphatic rings. The van der Waals surface area contributed by atoms with E-state index >= 15 is 0 Å². The van der Waals surface area contributed by atoms with Crippen molar-refractivity contribution in [3.63, 3.8) is 0 Å². The van der Waals surface area contributed by atoms with Gasteiger partial charge in [-0.25, -0.2) is 9.59 Å². The molecule has 2 N–H and O–H groups in total. The lowest BCUT2D eigenvalue weighted by atomic mass is 9.90. The second-order valence-corrected chi connectivity index (χ2v) is 8.39. The Kier molecular flexibility index (Phi) is 6.98. The van der Waals surface area contributed by atoms with Gasteiger partial charge in [0, 0.05) is 22.8 Å². The molecule has 1 aliphatic carbocycles. The first-order valence-electron chi connectivity index (χ1n) is 9.23. The number of amides is 1. The number of esters is 1. The Hall–Kier alpha value is -1.95. The summed E-state index contributed by atoms with van der Waals surface area (Å²) in [4.78, 5) is 23.8. The quantitative estimate of drug-likeness (QED) is 0.722. The van der Waals surface area contributed by atoms with Crippen molar-refractivity contribution in [2.24, 2.45) is 0 Å². The molecule has 0 aliphatic heterocycles. The smallest absolute Gasteiger partial charge is 0.407 e. The van der Waals surface area contributed by atoms with Gasteiger partial charge in [-0.1, -0.05) is 11.6 Å². The number of methoxy groups -OCH3 is 1. The van der Waals surface area contributed by atoms with Crippen LogP contribution in [0.15, 0.2) is 12.1 Å². The maximum Gasteiger partial charge on any atom is 0.407 e. The van der Waals surface area contributed by atoms with Crippen LogP contribution in [0.25, 0.3) is 0 Å². The number of carbonyl (C=O) groups excluding carboxylic acids is 2. The first-order chi connectivity index (χ1) is 12.6. The van der Waals surface area contributed by atoms with Crippen molar-refractivity contribution >= 4 is 29.4 Å². The molecule has 0 radical (unpaired) electrons. The lowest BCUT2D eigenvalue weighted by Crippen LogP contribution is -2.42. The maximum atomic E-state index is 11.9. The molecule has 0 aromatic heterocycles.